The fraction of sp³-hybridized carbons (Fsp3) is 0. The average Bonchev–Trinajstić information content (AvgIpc) is 2.78. The number of rotatable bonds is 5. The number of non-ortho nitro benzene ring substituents is 1. The molecule has 1 N–H and O–H groups in total. The number of pyridine rings is 1. The molecule has 0 aliphatic rings. The van der Waals surface area contributed by atoms with Crippen molar-refractivity contribution in [2.45, 2.75) is 0 Å². The molecule has 3 aromatic carbocycles. The van der Waals surface area contributed by atoms with Crippen LogP contribution in [0.2, 0.25) is 0 Å². The lowest BCUT2D eigenvalue weighted by atomic mass is 9.97. The predicted octanol–water partition coefficient (Wildman–Crippen LogP) is 5.46. The van der Waals surface area contributed by atoms with Gasteiger partial charge in [-0.1, -0.05) is 30.8 Å². The molecule has 0 saturated carbocycles. The molecule has 0 atom stereocenters. The molecule has 1 aromatic heterocycles. The Hall–Kier alpha value is -4.32. The van der Waals surface area contributed by atoms with Crippen LogP contribution in [0, 0.1) is 10.1 Å². The van der Waals surface area contributed by atoms with Crippen molar-refractivity contribution in [3.05, 3.63) is 118 Å². The van der Waals surface area contributed by atoms with Gasteiger partial charge in [0, 0.05) is 35.0 Å². The smallest absolute Gasteiger partial charge is 0.269 e. The number of anilines is 1. The first-order valence-electron chi connectivity index (χ1n) is 9.21. The van der Waals surface area contributed by atoms with Crippen molar-refractivity contribution >= 4 is 33.8 Å². The Morgan fingerprint density at radius 1 is 0.900 bits per heavy atom. The van der Waals surface area contributed by atoms with Crippen LogP contribution in [-0.4, -0.2) is 15.8 Å². The molecule has 0 spiro atoms. The zero-order valence-corrected chi connectivity index (χ0v) is 15.9. The molecular weight excluding hydrogens is 378 g/mol. The molecule has 0 unspecified atom stereocenters. The van der Waals surface area contributed by atoms with Gasteiger partial charge in [-0.3, -0.25) is 19.9 Å². The number of nitro groups is 1. The molecule has 0 radical (unpaired) electrons. The van der Waals surface area contributed by atoms with E-state index in [0.29, 0.717) is 16.8 Å². The molecule has 0 fully saturated rings. The number of nitrogens with one attached hydrogen (secondary N) is 1. The molecular formula is C24H17N3O3. The van der Waals surface area contributed by atoms with Crippen LogP contribution in [0.1, 0.15) is 21.5 Å². The first-order chi connectivity index (χ1) is 14.5. The Labute approximate surface area is 172 Å². The molecule has 146 valence electrons. The number of carbonyl (C=O) groups is 1. The maximum Gasteiger partial charge on any atom is 0.269 e. The lowest BCUT2D eigenvalue weighted by Gasteiger charge is -2.10. The van der Waals surface area contributed by atoms with E-state index in [4.69, 9.17) is 0 Å². The number of carbonyl (C=O) groups excluding carboxylic acids is 1. The number of nitro benzene ring substituents is 1. The predicted molar refractivity (Wildman–Crippen MR) is 117 cm³/mol. The van der Waals surface area contributed by atoms with Gasteiger partial charge >= 0.3 is 0 Å². The Balaban J connectivity index is 1.55. The second-order valence-corrected chi connectivity index (χ2v) is 6.73. The molecule has 1 heterocycles. The topological polar surface area (TPSA) is 85.1 Å². The SMILES string of the molecule is C=C(c1ccc([N+](=O)[O-])cc1)c1cccc(C(=O)Nc2ccc3cccnc3c2)c1. The molecule has 0 aliphatic heterocycles. The fourth-order valence-corrected chi connectivity index (χ4v) is 3.15. The molecule has 0 saturated heterocycles. The standard InChI is InChI=1S/C24H17N3O3/c1-16(17-8-11-22(12-9-17)27(29)30)19-4-2-5-20(14-19)24(28)26-21-10-7-18-6-3-13-25-23(18)15-21/h2-15H,1H2,(H,26,28). The quantitative estimate of drug-likeness (QED) is 0.359. The Morgan fingerprint density at radius 2 is 1.67 bits per heavy atom. The largest absolute Gasteiger partial charge is 0.322 e. The average molecular weight is 395 g/mol. The maximum atomic E-state index is 12.7. The van der Waals surface area contributed by atoms with E-state index in [2.05, 4.69) is 16.9 Å². The summed E-state index contributed by atoms with van der Waals surface area (Å²) in [5.41, 5.74) is 4.15. The van der Waals surface area contributed by atoms with Crippen LogP contribution in [0.15, 0.2) is 91.6 Å². The van der Waals surface area contributed by atoms with Crippen LogP contribution in [0.25, 0.3) is 16.5 Å². The van der Waals surface area contributed by atoms with Gasteiger partial charge in [0.2, 0.25) is 0 Å². The number of amides is 1. The summed E-state index contributed by atoms with van der Waals surface area (Å²) in [4.78, 5) is 27.4. The van der Waals surface area contributed by atoms with E-state index in [1.807, 2.05) is 36.4 Å². The van der Waals surface area contributed by atoms with Crippen molar-refractivity contribution in [3.8, 4) is 0 Å². The van der Waals surface area contributed by atoms with Gasteiger partial charge in [-0.05, 0) is 59.2 Å². The third-order valence-corrected chi connectivity index (χ3v) is 4.76. The minimum Gasteiger partial charge on any atom is -0.322 e. The third-order valence-electron chi connectivity index (χ3n) is 4.76. The van der Waals surface area contributed by atoms with Gasteiger partial charge in [-0.2, -0.15) is 0 Å². The van der Waals surface area contributed by atoms with E-state index in [9.17, 15) is 14.9 Å². The Morgan fingerprint density at radius 3 is 2.43 bits per heavy atom. The van der Waals surface area contributed by atoms with Crippen molar-refractivity contribution < 1.29 is 9.72 Å². The lowest BCUT2D eigenvalue weighted by Crippen LogP contribution is -2.12. The highest BCUT2D eigenvalue weighted by Crippen LogP contribution is 2.25. The lowest BCUT2D eigenvalue weighted by molar-refractivity contribution is -0.384. The minimum atomic E-state index is -0.445. The van der Waals surface area contributed by atoms with Gasteiger partial charge in [-0.25, -0.2) is 0 Å². The van der Waals surface area contributed by atoms with Gasteiger partial charge in [-0.15, -0.1) is 0 Å². The van der Waals surface area contributed by atoms with Gasteiger partial charge in [0.15, 0.2) is 0 Å². The summed E-state index contributed by atoms with van der Waals surface area (Å²) in [6.07, 6.45) is 1.71. The van der Waals surface area contributed by atoms with Crippen LogP contribution < -0.4 is 5.32 Å². The number of nitrogens with zero attached hydrogens (tertiary/aromatic N) is 2. The molecule has 0 bridgehead atoms. The molecule has 1 amide bonds. The van der Waals surface area contributed by atoms with Gasteiger partial charge in [0.05, 0.1) is 10.4 Å². The zero-order chi connectivity index (χ0) is 21.1. The van der Waals surface area contributed by atoms with E-state index in [-0.39, 0.29) is 11.6 Å². The van der Waals surface area contributed by atoms with Gasteiger partial charge < -0.3 is 5.32 Å². The van der Waals surface area contributed by atoms with Gasteiger partial charge in [0.1, 0.15) is 0 Å². The van der Waals surface area contributed by atoms with E-state index >= 15 is 0 Å². The monoisotopic (exact) mass is 395 g/mol. The minimum absolute atomic E-state index is 0.0181. The molecule has 30 heavy (non-hydrogen) atoms. The third kappa shape index (κ3) is 3.93. The van der Waals surface area contributed by atoms with Crippen molar-refractivity contribution in [3.63, 3.8) is 0 Å². The van der Waals surface area contributed by atoms with E-state index in [1.54, 1.807) is 36.5 Å². The second-order valence-electron chi connectivity index (χ2n) is 6.73. The summed E-state index contributed by atoms with van der Waals surface area (Å²) < 4.78 is 0. The van der Waals surface area contributed by atoms with Crippen molar-refractivity contribution in [1.29, 1.82) is 0 Å². The van der Waals surface area contributed by atoms with E-state index in [1.165, 1.54) is 12.1 Å². The first kappa shape index (κ1) is 19.0. The molecule has 6 nitrogen and oxygen atoms in total. The van der Waals surface area contributed by atoms with Crippen LogP contribution >= 0.6 is 0 Å². The molecule has 0 aliphatic carbocycles. The highest BCUT2D eigenvalue weighted by Gasteiger charge is 2.11. The summed E-state index contributed by atoms with van der Waals surface area (Å²) in [6, 6.07) is 22.7. The Bertz CT molecular complexity index is 1280. The number of benzene rings is 3. The summed E-state index contributed by atoms with van der Waals surface area (Å²) >= 11 is 0. The van der Waals surface area contributed by atoms with Crippen molar-refractivity contribution in [2.24, 2.45) is 0 Å². The first-order valence-corrected chi connectivity index (χ1v) is 9.21. The van der Waals surface area contributed by atoms with Crippen LogP contribution in [-0.2, 0) is 0 Å². The number of aromatic nitrogens is 1. The molecule has 4 rings (SSSR count). The summed E-state index contributed by atoms with van der Waals surface area (Å²) in [6.45, 7) is 4.08. The number of hydrogen-bond acceptors (Lipinski definition) is 4. The van der Waals surface area contributed by atoms with Crippen LogP contribution in [0.3, 0.4) is 0 Å². The van der Waals surface area contributed by atoms with E-state index in [0.717, 1.165) is 22.0 Å². The fourth-order valence-electron chi connectivity index (χ4n) is 3.15. The Kier molecular flexibility index (Phi) is 5.05. The maximum absolute atomic E-state index is 12.7. The summed E-state index contributed by atoms with van der Waals surface area (Å²) in [7, 11) is 0. The number of fused-ring (bicyclic) bond motifs is 1. The second kappa shape index (κ2) is 7.97. The zero-order valence-electron chi connectivity index (χ0n) is 15.9. The number of hydrogen-bond donors (Lipinski definition) is 1. The van der Waals surface area contributed by atoms with Crippen molar-refractivity contribution in [1.82, 2.24) is 4.98 Å². The molecule has 4 aromatic rings. The normalized spacial score (nSPS) is 10.5. The van der Waals surface area contributed by atoms with Crippen LogP contribution in [0.4, 0.5) is 11.4 Å². The van der Waals surface area contributed by atoms with Crippen molar-refractivity contribution in [2.75, 3.05) is 5.32 Å². The summed E-state index contributed by atoms with van der Waals surface area (Å²) in [5.74, 6) is -0.247. The highest BCUT2D eigenvalue weighted by atomic mass is 16.6. The highest BCUT2D eigenvalue weighted by molar-refractivity contribution is 6.05. The van der Waals surface area contributed by atoms with Crippen LogP contribution in [0.5, 0.6) is 0 Å². The molecule has 6 heteroatoms. The van der Waals surface area contributed by atoms with Gasteiger partial charge in [0.25, 0.3) is 11.6 Å². The summed E-state index contributed by atoms with van der Waals surface area (Å²) in [5, 5.41) is 14.7. The van der Waals surface area contributed by atoms with E-state index < -0.39 is 4.92 Å².